The zero-order valence-electron chi connectivity index (χ0n) is 12.0. The highest BCUT2D eigenvalue weighted by atomic mass is 32.1. The van der Waals surface area contributed by atoms with Crippen molar-refractivity contribution < 1.29 is 9.13 Å². The van der Waals surface area contributed by atoms with Crippen molar-refractivity contribution in [1.29, 1.82) is 0 Å². The summed E-state index contributed by atoms with van der Waals surface area (Å²) in [5.74, 6) is 0.0852. The molecule has 2 rings (SSSR count). The molecule has 0 spiro atoms. The number of rotatable bonds is 3. The second-order valence-electron chi connectivity index (χ2n) is 5.60. The smallest absolute Gasteiger partial charge is 0.132 e. The van der Waals surface area contributed by atoms with Crippen LogP contribution in [0.4, 0.5) is 4.39 Å². The van der Waals surface area contributed by atoms with Gasteiger partial charge < -0.3 is 10.5 Å². The van der Waals surface area contributed by atoms with E-state index >= 15 is 0 Å². The minimum absolute atomic E-state index is 0.178. The van der Waals surface area contributed by atoms with Gasteiger partial charge >= 0.3 is 0 Å². The van der Waals surface area contributed by atoms with Crippen molar-refractivity contribution in [3.05, 3.63) is 40.2 Å². The number of aromatic nitrogens is 2. The van der Waals surface area contributed by atoms with E-state index in [0.29, 0.717) is 11.3 Å². The van der Waals surface area contributed by atoms with Gasteiger partial charge in [-0.15, -0.1) is 5.10 Å². The van der Waals surface area contributed by atoms with Gasteiger partial charge in [0.1, 0.15) is 11.6 Å². The third kappa shape index (κ3) is 2.81. The van der Waals surface area contributed by atoms with Crippen LogP contribution in [0.3, 0.4) is 0 Å². The number of ether oxygens (including phenoxy) is 1. The fourth-order valence-corrected chi connectivity index (χ4v) is 2.83. The van der Waals surface area contributed by atoms with E-state index in [-0.39, 0.29) is 11.2 Å². The van der Waals surface area contributed by atoms with Crippen LogP contribution in [0.2, 0.25) is 0 Å². The molecule has 0 bridgehead atoms. The second-order valence-corrected chi connectivity index (χ2v) is 6.39. The molecule has 6 heteroatoms. The molecule has 1 aromatic carbocycles. The molecule has 1 unspecified atom stereocenters. The zero-order chi connectivity index (χ0) is 14.9. The van der Waals surface area contributed by atoms with Gasteiger partial charge in [-0.1, -0.05) is 31.3 Å². The van der Waals surface area contributed by atoms with E-state index in [4.69, 9.17) is 10.5 Å². The molecule has 4 nitrogen and oxygen atoms in total. The first-order chi connectivity index (χ1) is 9.34. The van der Waals surface area contributed by atoms with Gasteiger partial charge in [0.2, 0.25) is 0 Å². The van der Waals surface area contributed by atoms with E-state index in [2.05, 4.69) is 9.59 Å². The Labute approximate surface area is 121 Å². The lowest BCUT2D eigenvalue weighted by Gasteiger charge is -2.20. The van der Waals surface area contributed by atoms with Gasteiger partial charge in [-0.2, -0.15) is 0 Å². The molecular weight excluding hydrogens is 277 g/mol. The second kappa shape index (κ2) is 5.46. The van der Waals surface area contributed by atoms with E-state index in [9.17, 15) is 4.39 Å². The largest absolute Gasteiger partial charge is 0.497 e. The van der Waals surface area contributed by atoms with Crippen molar-refractivity contribution in [2.24, 2.45) is 5.73 Å². The Balaban J connectivity index is 2.42. The van der Waals surface area contributed by atoms with Gasteiger partial charge in [0.05, 0.1) is 23.7 Å². The van der Waals surface area contributed by atoms with E-state index < -0.39 is 6.04 Å². The number of halogens is 1. The average Bonchev–Trinajstić information content (AvgIpc) is 2.86. The van der Waals surface area contributed by atoms with Gasteiger partial charge in [0, 0.05) is 17.0 Å². The number of methoxy groups -OCH3 is 1. The van der Waals surface area contributed by atoms with Crippen LogP contribution in [0, 0.1) is 5.82 Å². The van der Waals surface area contributed by atoms with Crippen molar-refractivity contribution in [2.45, 2.75) is 32.2 Å². The molecular formula is C14H18FN3OS. The summed E-state index contributed by atoms with van der Waals surface area (Å²) in [6.45, 7) is 6.10. The zero-order valence-corrected chi connectivity index (χ0v) is 12.8. The van der Waals surface area contributed by atoms with Crippen LogP contribution in [-0.2, 0) is 5.41 Å². The highest BCUT2D eigenvalue weighted by Crippen LogP contribution is 2.33. The molecule has 0 saturated heterocycles. The van der Waals surface area contributed by atoms with Gasteiger partial charge in [0.25, 0.3) is 0 Å². The summed E-state index contributed by atoms with van der Waals surface area (Å²) in [4.78, 5) is 0.793. The Bertz CT molecular complexity index is 607. The number of hydrogen-bond acceptors (Lipinski definition) is 5. The van der Waals surface area contributed by atoms with Crippen LogP contribution in [0.5, 0.6) is 5.75 Å². The predicted molar refractivity (Wildman–Crippen MR) is 77.6 cm³/mol. The van der Waals surface area contributed by atoms with Crippen molar-refractivity contribution in [2.75, 3.05) is 7.11 Å². The maximum atomic E-state index is 14.1. The molecule has 1 atom stereocenters. The summed E-state index contributed by atoms with van der Waals surface area (Å²) >= 11 is 1.21. The molecule has 20 heavy (non-hydrogen) atoms. The minimum Gasteiger partial charge on any atom is -0.497 e. The topological polar surface area (TPSA) is 61.0 Å². The fourth-order valence-electron chi connectivity index (χ4n) is 1.95. The average molecular weight is 295 g/mol. The van der Waals surface area contributed by atoms with Crippen LogP contribution < -0.4 is 10.5 Å². The van der Waals surface area contributed by atoms with E-state index in [1.807, 2.05) is 20.8 Å². The maximum absolute atomic E-state index is 14.1. The Morgan fingerprint density at radius 2 is 2.05 bits per heavy atom. The molecule has 2 N–H and O–H groups in total. The minimum atomic E-state index is -0.574. The summed E-state index contributed by atoms with van der Waals surface area (Å²) in [5.41, 5.74) is 7.25. The van der Waals surface area contributed by atoms with Gasteiger partial charge in [-0.05, 0) is 17.6 Å². The number of nitrogens with zero attached hydrogens (tertiary/aromatic N) is 2. The highest BCUT2D eigenvalue weighted by Gasteiger charge is 2.27. The molecule has 2 aromatic rings. The lowest BCUT2D eigenvalue weighted by molar-refractivity contribution is 0.410. The first-order valence-corrected chi connectivity index (χ1v) is 7.03. The van der Waals surface area contributed by atoms with Gasteiger partial charge in [-0.3, -0.25) is 0 Å². The third-order valence-electron chi connectivity index (χ3n) is 3.05. The van der Waals surface area contributed by atoms with E-state index in [1.54, 1.807) is 12.1 Å². The number of benzene rings is 1. The monoisotopic (exact) mass is 295 g/mol. The van der Waals surface area contributed by atoms with Crippen molar-refractivity contribution in [1.82, 2.24) is 9.59 Å². The quantitative estimate of drug-likeness (QED) is 0.945. The standard InChI is InChI=1S/C14H18FN3OS/c1-14(2,3)13-12(20-18-17-13)11(16)9-6-5-8(19-4)7-10(9)15/h5-7,11H,16H2,1-4H3. The first-order valence-electron chi connectivity index (χ1n) is 6.26. The molecule has 0 amide bonds. The van der Waals surface area contributed by atoms with Crippen molar-refractivity contribution in [3.63, 3.8) is 0 Å². The molecule has 0 saturated carbocycles. The van der Waals surface area contributed by atoms with Crippen LogP contribution in [0.1, 0.15) is 42.9 Å². The molecule has 0 radical (unpaired) electrons. The number of nitrogens with two attached hydrogens (primary N) is 1. The summed E-state index contributed by atoms with van der Waals surface area (Å²) in [6, 6.07) is 4.10. The Morgan fingerprint density at radius 3 is 2.60 bits per heavy atom. The predicted octanol–water partition coefficient (Wildman–Crippen LogP) is 3.03. The van der Waals surface area contributed by atoms with Crippen LogP contribution in [-0.4, -0.2) is 16.7 Å². The Kier molecular flexibility index (Phi) is 4.06. The summed E-state index contributed by atoms with van der Waals surface area (Å²) in [7, 11) is 1.50. The fraction of sp³-hybridized carbons (Fsp3) is 0.429. The van der Waals surface area contributed by atoms with Crippen LogP contribution in [0.15, 0.2) is 18.2 Å². The van der Waals surface area contributed by atoms with Crippen molar-refractivity contribution >= 4 is 11.5 Å². The SMILES string of the molecule is COc1ccc(C(N)c2snnc2C(C)(C)C)c(F)c1. The molecule has 0 aliphatic heterocycles. The third-order valence-corrected chi connectivity index (χ3v) is 3.86. The first kappa shape index (κ1) is 14.9. The maximum Gasteiger partial charge on any atom is 0.132 e. The number of hydrogen-bond donors (Lipinski definition) is 1. The lowest BCUT2D eigenvalue weighted by Crippen LogP contribution is -2.20. The molecule has 108 valence electrons. The normalized spacial score (nSPS) is 13.3. The van der Waals surface area contributed by atoms with Crippen LogP contribution >= 0.6 is 11.5 Å². The van der Waals surface area contributed by atoms with Crippen molar-refractivity contribution in [3.8, 4) is 5.75 Å². The molecule has 1 heterocycles. The van der Waals surface area contributed by atoms with Gasteiger partial charge in [0.15, 0.2) is 0 Å². The molecule has 0 aliphatic rings. The Hall–Kier alpha value is -1.53. The molecule has 1 aromatic heterocycles. The molecule has 0 fully saturated rings. The van der Waals surface area contributed by atoms with E-state index in [0.717, 1.165) is 10.6 Å². The van der Waals surface area contributed by atoms with Gasteiger partial charge in [-0.25, -0.2) is 4.39 Å². The summed E-state index contributed by atoms with van der Waals surface area (Å²) in [6.07, 6.45) is 0. The Morgan fingerprint density at radius 1 is 1.35 bits per heavy atom. The summed E-state index contributed by atoms with van der Waals surface area (Å²) in [5, 5.41) is 4.14. The summed E-state index contributed by atoms with van der Waals surface area (Å²) < 4.78 is 23.1. The highest BCUT2D eigenvalue weighted by molar-refractivity contribution is 7.05. The van der Waals surface area contributed by atoms with Crippen LogP contribution in [0.25, 0.3) is 0 Å². The van der Waals surface area contributed by atoms with E-state index in [1.165, 1.54) is 24.7 Å². The lowest BCUT2D eigenvalue weighted by atomic mass is 9.89. The molecule has 0 aliphatic carbocycles.